The summed E-state index contributed by atoms with van der Waals surface area (Å²) in [5, 5.41) is 11.8. The summed E-state index contributed by atoms with van der Waals surface area (Å²) in [6, 6.07) is 8.15. The van der Waals surface area contributed by atoms with Crippen LogP contribution in [0.1, 0.15) is 44.6 Å². The van der Waals surface area contributed by atoms with Gasteiger partial charge in [-0.25, -0.2) is 4.79 Å². The third-order valence-corrected chi connectivity index (χ3v) is 3.95. The van der Waals surface area contributed by atoms with Crippen LogP contribution < -0.4 is 11.1 Å². The fourth-order valence-electron chi connectivity index (χ4n) is 2.44. The van der Waals surface area contributed by atoms with E-state index < -0.39 is 23.8 Å². The molecule has 0 aliphatic heterocycles. The molecule has 6 nitrogen and oxygen atoms in total. The number of aliphatic carboxylic acids is 1. The molecule has 0 aromatic heterocycles. The molecule has 0 saturated carbocycles. The van der Waals surface area contributed by atoms with E-state index in [4.69, 9.17) is 5.73 Å². The molecule has 1 aromatic rings. The molecule has 3 atom stereocenters. The van der Waals surface area contributed by atoms with E-state index in [1.54, 1.807) is 0 Å². The lowest BCUT2D eigenvalue weighted by Gasteiger charge is -2.24. The smallest absolute Gasteiger partial charge is 0.326 e. The lowest BCUT2D eigenvalue weighted by Crippen LogP contribution is -2.44. The summed E-state index contributed by atoms with van der Waals surface area (Å²) in [6.45, 7) is 3.94. The summed E-state index contributed by atoms with van der Waals surface area (Å²) in [4.78, 5) is 34.7. The Morgan fingerprint density at radius 3 is 2.30 bits per heavy atom. The van der Waals surface area contributed by atoms with E-state index in [1.807, 2.05) is 44.2 Å². The number of amides is 2. The molecule has 6 heteroatoms. The fourth-order valence-corrected chi connectivity index (χ4v) is 2.44. The second-order valence-electron chi connectivity index (χ2n) is 5.68. The van der Waals surface area contributed by atoms with Crippen LogP contribution in [0.5, 0.6) is 0 Å². The predicted molar refractivity (Wildman–Crippen MR) is 86.6 cm³/mol. The summed E-state index contributed by atoms with van der Waals surface area (Å²) in [7, 11) is 0. The quantitative estimate of drug-likeness (QED) is 0.642. The molecule has 0 aliphatic rings. The van der Waals surface area contributed by atoms with Gasteiger partial charge in [-0.05, 0) is 17.9 Å². The van der Waals surface area contributed by atoms with Gasteiger partial charge in [0.15, 0.2) is 0 Å². The number of nitrogens with two attached hydrogens (primary N) is 1. The topological polar surface area (TPSA) is 109 Å². The number of benzene rings is 1. The van der Waals surface area contributed by atoms with Gasteiger partial charge in [0.05, 0.1) is 5.92 Å². The maximum Gasteiger partial charge on any atom is 0.326 e. The SMILES string of the molecule is CCC(C)C(C(=O)N[C@@H](CCC(N)=O)C(=O)O)c1ccccc1. The Morgan fingerprint density at radius 2 is 1.83 bits per heavy atom. The average molecular weight is 320 g/mol. The number of carboxylic acids is 1. The summed E-state index contributed by atoms with van der Waals surface area (Å²) in [6.07, 6.45) is 0.682. The first-order valence-electron chi connectivity index (χ1n) is 7.73. The molecule has 0 spiro atoms. The number of hydrogen-bond acceptors (Lipinski definition) is 3. The molecule has 2 unspecified atom stereocenters. The second-order valence-corrected chi connectivity index (χ2v) is 5.68. The highest BCUT2D eigenvalue weighted by Crippen LogP contribution is 2.27. The summed E-state index contributed by atoms with van der Waals surface area (Å²) >= 11 is 0. The van der Waals surface area contributed by atoms with Crippen LogP contribution >= 0.6 is 0 Å². The first kappa shape index (κ1) is 18.7. The highest BCUT2D eigenvalue weighted by molar-refractivity contribution is 5.88. The Morgan fingerprint density at radius 1 is 1.22 bits per heavy atom. The third-order valence-electron chi connectivity index (χ3n) is 3.95. The van der Waals surface area contributed by atoms with Gasteiger partial charge in [-0.2, -0.15) is 0 Å². The molecule has 1 rings (SSSR count). The molecule has 126 valence electrons. The predicted octanol–water partition coefficient (Wildman–Crippen LogP) is 1.65. The van der Waals surface area contributed by atoms with Crippen molar-refractivity contribution >= 4 is 17.8 Å². The fraction of sp³-hybridized carbons (Fsp3) is 0.471. The van der Waals surface area contributed by atoms with Crippen molar-refractivity contribution in [2.24, 2.45) is 11.7 Å². The van der Waals surface area contributed by atoms with Gasteiger partial charge in [-0.1, -0.05) is 50.6 Å². The second kappa shape index (κ2) is 8.92. The number of nitrogens with one attached hydrogen (secondary N) is 1. The molecule has 0 fully saturated rings. The lowest BCUT2D eigenvalue weighted by molar-refractivity contribution is -0.142. The van der Waals surface area contributed by atoms with Crippen molar-refractivity contribution in [1.82, 2.24) is 5.32 Å². The normalized spacial score (nSPS) is 14.5. The Hall–Kier alpha value is -2.37. The number of hydrogen-bond donors (Lipinski definition) is 3. The van der Waals surface area contributed by atoms with Crippen LogP contribution in [0.4, 0.5) is 0 Å². The van der Waals surface area contributed by atoms with Crippen molar-refractivity contribution in [1.29, 1.82) is 0 Å². The Bertz CT molecular complexity index is 545. The molecular weight excluding hydrogens is 296 g/mol. The molecule has 0 radical (unpaired) electrons. The number of carbonyl (C=O) groups is 3. The highest BCUT2D eigenvalue weighted by atomic mass is 16.4. The van der Waals surface area contributed by atoms with Crippen molar-refractivity contribution in [2.75, 3.05) is 0 Å². The van der Waals surface area contributed by atoms with Gasteiger partial charge in [0, 0.05) is 6.42 Å². The Labute approximate surface area is 136 Å². The number of carbonyl (C=O) groups excluding carboxylic acids is 2. The summed E-state index contributed by atoms with van der Waals surface area (Å²) in [5.41, 5.74) is 5.89. The zero-order chi connectivity index (χ0) is 17.4. The van der Waals surface area contributed by atoms with Crippen molar-refractivity contribution in [3.63, 3.8) is 0 Å². The van der Waals surface area contributed by atoms with E-state index in [0.717, 1.165) is 12.0 Å². The summed E-state index contributed by atoms with van der Waals surface area (Å²) in [5.74, 6) is -2.48. The minimum Gasteiger partial charge on any atom is -0.480 e. The van der Waals surface area contributed by atoms with E-state index in [2.05, 4.69) is 5.32 Å². The van der Waals surface area contributed by atoms with Crippen molar-refractivity contribution in [3.05, 3.63) is 35.9 Å². The van der Waals surface area contributed by atoms with Crippen molar-refractivity contribution in [3.8, 4) is 0 Å². The van der Waals surface area contributed by atoms with Gasteiger partial charge in [0.25, 0.3) is 0 Å². The number of carboxylic acid groups (broad SMARTS) is 1. The zero-order valence-electron chi connectivity index (χ0n) is 13.5. The average Bonchev–Trinajstić information content (AvgIpc) is 2.51. The minimum absolute atomic E-state index is 0.0155. The van der Waals surface area contributed by atoms with Crippen LogP contribution in [0.15, 0.2) is 30.3 Å². The Kier molecular flexibility index (Phi) is 7.25. The minimum atomic E-state index is -1.17. The number of primary amides is 1. The molecule has 4 N–H and O–H groups in total. The molecule has 2 amide bonds. The van der Waals surface area contributed by atoms with E-state index in [0.29, 0.717) is 0 Å². The van der Waals surface area contributed by atoms with Gasteiger partial charge >= 0.3 is 5.97 Å². The van der Waals surface area contributed by atoms with E-state index in [9.17, 15) is 19.5 Å². The monoisotopic (exact) mass is 320 g/mol. The van der Waals surface area contributed by atoms with E-state index >= 15 is 0 Å². The molecule has 1 aromatic carbocycles. The van der Waals surface area contributed by atoms with Gasteiger partial charge in [-0.15, -0.1) is 0 Å². The van der Waals surface area contributed by atoms with Crippen LogP contribution in [0, 0.1) is 5.92 Å². The van der Waals surface area contributed by atoms with E-state index in [-0.39, 0.29) is 24.7 Å². The van der Waals surface area contributed by atoms with Gasteiger partial charge in [-0.3, -0.25) is 9.59 Å². The van der Waals surface area contributed by atoms with Crippen LogP contribution in [0.3, 0.4) is 0 Å². The summed E-state index contributed by atoms with van der Waals surface area (Å²) < 4.78 is 0. The molecule has 0 aliphatic carbocycles. The molecule has 0 heterocycles. The highest BCUT2D eigenvalue weighted by Gasteiger charge is 2.29. The Balaban J connectivity index is 2.91. The standard InChI is InChI=1S/C17H24N2O4/c1-3-11(2)15(12-7-5-4-6-8-12)16(21)19-13(17(22)23)9-10-14(18)20/h4-8,11,13,15H,3,9-10H2,1-2H3,(H2,18,20)(H,19,21)(H,22,23)/t11?,13-,15?/m0/s1. The number of rotatable bonds is 9. The molecule has 0 bridgehead atoms. The molecule has 0 saturated heterocycles. The van der Waals surface area contributed by atoms with Crippen LogP contribution in [0.2, 0.25) is 0 Å². The van der Waals surface area contributed by atoms with Crippen molar-refractivity contribution < 1.29 is 19.5 Å². The van der Waals surface area contributed by atoms with Crippen molar-refractivity contribution in [2.45, 2.75) is 45.1 Å². The molecular formula is C17H24N2O4. The first-order chi connectivity index (χ1) is 10.9. The maximum atomic E-state index is 12.6. The first-order valence-corrected chi connectivity index (χ1v) is 7.73. The van der Waals surface area contributed by atoms with Gasteiger partial charge in [0.2, 0.25) is 11.8 Å². The van der Waals surface area contributed by atoms with Gasteiger partial charge in [0.1, 0.15) is 6.04 Å². The third kappa shape index (κ3) is 5.73. The largest absolute Gasteiger partial charge is 0.480 e. The van der Waals surface area contributed by atoms with Crippen LogP contribution in [0.25, 0.3) is 0 Å². The zero-order valence-corrected chi connectivity index (χ0v) is 13.5. The van der Waals surface area contributed by atoms with Crippen LogP contribution in [-0.4, -0.2) is 28.9 Å². The molecule has 23 heavy (non-hydrogen) atoms. The van der Waals surface area contributed by atoms with E-state index in [1.165, 1.54) is 0 Å². The maximum absolute atomic E-state index is 12.6. The van der Waals surface area contributed by atoms with Crippen LogP contribution in [-0.2, 0) is 14.4 Å². The van der Waals surface area contributed by atoms with Gasteiger partial charge < -0.3 is 16.2 Å². The lowest BCUT2D eigenvalue weighted by atomic mass is 9.84.